The molecule has 0 spiro atoms. The molecule has 2 rings (SSSR count). The summed E-state index contributed by atoms with van der Waals surface area (Å²) in [5, 5.41) is 12.0. The highest BCUT2D eigenvalue weighted by atomic mass is 79.9. The summed E-state index contributed by atoms with van der Waals surface area (Å²) < 4.78 is 2.81. The van der Waals surface area contributed by atoms with E-state index in [2.05, 4.69) is 36.9 Å². The molecule has 0 fully saturated rings. The van der Waals surface area contributed by atoms with Crippen molar-refractivity contribution in [3.63, 3.8) is 0 Å². The Labute approximate surface area is 137 Å². The first-order valence-corrected chi connectivity index (χ1v) is 7.53. The first kappa shape index (κ1) is 15.7. The molecule has 0 amide bonds. The monoisotopic (exact) mass is 365 g/mol. The highest BCUT2D eigenvalue weighted by Gasteiger charge is 2.06. The molecule has 0 unspecified atom stereocenters. The standard InChI is InChI=1S/C14H16BrN5S/c1-9-13(10(2)20(3)19-9)8-16-18-14(21)17-12-6-4-5-11(15)7-12/h4-8H,1-3H3,(H2,17,18,21)/b16-8-. The Bertz CT molecular complexity index is 693. The molecular formula is C14H16BrN5S. The molecule has 21 heavy (non-hydrogen) atoms. The van der Waals surface area contributed by atoms with Crippen LogP contribution in [-0.2, 0) is 7.05 Å². The van der Waals surface area contributed by atoms with E-state index in [-0.39, 0.29) is 0 Å². The molecule has 110 valence electrons. The number of anilines is 1. The van der Waals surface area contributed by atoms with E-state index in [9.17, 15) is 0 Å². The third-order valence-electron chi connectivity index (χ3n) is 3.01. The first-order valence-electron chi connectivity index (χ1n) is 6.33. The molecule has 2 aromatic rings. The molecule has 0 bridgehead atoms. The zero-order valence-corrected chi connectivity index (χ0v) is 14.4. The fourth-order valence-corrected chi connectivity index (χ4v) is 2.43. The predicted octanol–water partition coefficient (Wildman–Crippen LogP) is 3.12. The largest absolute Gasteiger partial charge is 0.331 e. The normalized spacial score (nSPS) is 10.9. The average Bonchev–Trinajstić information content (AvgIpc) is 2.65. The van der Waals surface area contributed by atoms with Crippen molar-refractivity contribution < 1.29 is 0 Å². The van der Waals surface area contributed by atoms with Gasteiger partial charge < -0.3 is 5.32 Å². The van der Waals surface area contributed by atoms with Crippen LogP contribution in [0.2, 0.25) is 0 Å². The number of aryl methyl sites for hydroxylation is 2. The van der Waals surface area contributed by atoms with Crippen LogP contribution in [0.3, 0.4) is 0 Å². The van der Waals surface area contributed by atoms with Gasteiger partial charge in [0.15, 0.2) is 5.11 Å². The number of hydrogen-bond acceptors (Lipinski definition) is 3. The number of halogens is 1. The number of nitrogens with one attached hydrogen (secondary N) is 2. The van der Waals surface area contributed by atoms with E-state index in [0.29, 0.717) is 5.11 Å². The fraction of sp³-hybridized carbons (Fsp3) is 0.214. The van der Waals surface area contributed by atoms with Crippen LogP contribution >= 0.6 is 28.1 Å². The van der Waals surface area contributed by atoms with Crippen LogP contribution < -0.4 is 10.7 Å². The van der Waals surface area contributed by atoms with Crippen molar-refractivity contribution in [3.05, 3.63) is 45.7 Å². The van der Waals surface area contributed by atoms with Crippen LogP contribution in [0.1, 0.15) is 17.0 Å². The van der Waals surface area contributed by atoms with Gasteiger partial charge in [-0.3, -0.25) is 10.1 Å². The molecule has 0 atom stereocenters. The third-order valence-corrected chi connectivity index (χ3v) is 3.69. The number of nitrogens with zero attached hydrogens (tertiary/aromatic N) is 3. The zero-order valence-electron chi connectivity index (χ0n) is 12.0. The zero-order chi connectivity index (χ0) is 15.4. The summed E-state index contributed by atoms with van der Waals surface area (Å²) in [7, 11) is 1.91. The summed E-state index contributed by atoms with van der Waals surface area (Å²) in [6.07, 6.45) is 1.73. The minimum atomic E-state index is 0.434. The van der Waals surface area contributed by atoms with E-state index < -0.39 is 0 Å². The summed E-state index contributed by atoms with van der Waals surface area (Å²) >= 11 is 8.60. The Morgan fingerprint density at radius 1 is 1.43 bits per heavy atom. The molecule has 7 heteroatoms. The van der Waals surface area contributed by atoms with Crippen LogP contribution in [0, 0.1) is 13.8 Å². The molecule has 1 aromatic heterocycles. The third kappa shape index (κ3) is 4.12. The van der Waals surface area contributed by atoms with Crippen LogP contribution in [0.4, 0.5) is 5.69 Å². The fourth-order valence-electron chi connectivity index (χ4n) is 1.86. The first-order chi connectivity index (χ1) is 9.97. The van der Waals surface area contributed by atoms with Gasteiger partial charge in [-0.15, -0.1) is 0 Å². The molecule has 1 heterocycles. The SMILES string of the molecule is Cc1nn(C)c(C)c1/C=N\NC(=S)Nc1cccc(Br)c1. The average molecular weight is 366 g/mol. The molecule has 0 aliphatic rings. The highest BCUT2D eigenvalue weighted by Crippen LogP contribution is 2.15. The maximum atomic E-state index is 5.19. The Morgan fingerprint density at radius 2 is 2.19 bits per heavy atom. The van der Waals surface area contributed by atoms with Crippen molar-refractivity contribution in [3.8, 4) is 0 Å². The summed E-state index contributed by atoms with van der Waals surface area (Å²) in [5.41, 5.74) is 6.69. The van der Waals surface area contributed by atoms with E-state index >= 15 is 0 Å². The second-order valence-corrected chi connectivity index (χ2v) is 5.87. The number of hydrazone groups is 1. The molecule has 0 radical (unpaired) electrons. The van der Waals surface area contributed by atoms with Crippen LogP contribution in [-0.4, -0.2) is 21.1 Å². The maximum Gasteiger partial charge on any atom is 0.191 e. The minimum Gasteiger partial charge on any atom is -0.331 e. The van der Waals surface area contributed by atoms with E-state index in [1.165, 1.54) is 0 Å². The lowest BCUT2D eigenvalue weighted by atomic mass is 10.2. The molecular weight excluding hydrogens is 350 g/mol. The molecule has 1 aromatic carbocycles. The summed E-state index contributed by atoms with van der Waals surface area (Å²) in [6, 6.07) is 7.75. The quantitative estimate of drug-likeness (QED) is 0.498. The molecule has 0 aliphatic heterocycles. The molecule has 0 saturated carbocycles. The van der Waals surface area contributed by atoms with Gasteiger partial charge in [0, 0.05) is 28.5 Å². The van der Waals surface area contributed by atoms with Gasteiger partial charge in [0.1, 0.15) is 0 Å². The Kier molecular flexibility index (Phi) is 5.08. The Morgan fingerprint density at radius 3 is 2.81 bits per heavy atom. The minimum absolute atomic E-state index is 0.434. The highest BCUT2D eigenvalue weighted by molar-refractivity contribution is 9.10. The summed E-state index contributed by atoms with van der Waals surface area (Å²) in [5.74, 6) is 0. The van der Waals surface area contributed by atoms with E-state index in [4.69, 9.17) is 12.2 Å². The van der Waals surface area contributed by atoms with E-state index in [0.717, 1.165) is 27.1 Å². The molecule has 2 N–H and O–H groups in total. The topological polar surface area (TPSA) is 54.2 Å². The van der Waals surface area contributed by atoms with Crippen LogP contribution in [0.5, 0.6) is 0 Å². The lowest BCUT2D eigenvalue weighted by molar-refractivity contribution is 0.731. The molecule has 5 nitrogen and oxygen atoms in total. The van der Waals surface area contributed by atoms with Gasteiger partial charge >= 0.3 is 0 Å². The molecule has 0 aliphatic carbocycles. The van der Waals surface area contributed by atoms with Crippen molar-refractivity contribution in [1.29, 1.82) is 0 Å². The Hall–Kier alpha value is -1.73. The van der Waals surface area contributed by atoms with Crippen molar-refractivity contribution in [2.45, 2.75) is 13.8 Å². The van der Waals surface area contributed by atoms with Gasteiger partial charge in [0.05, 0.1) is 11.9 Å². The summed E-state index contributed by atoms with van der Waals surface area (Å²) in [4.78, 5) is 0. The van der Waals surface area contributed by atoms with Gasteiger partial charge in [-0.2, -0.15) is 10.2 Å². The smallest absolute Gasteiger partial charge is 0.191 e. The van der Waals surface area contributed by atoms with Gasteiger partial charge in [0.25, 0.3) is 0 Å². The van der Waals surface area contributed by atoms with Gasteiger partial charge in [-0.05, 0) is 44.3 Å². The maximum absolute atomic E-state index is 5.19. The second kappa shape index (κ2) is 6.82. The number of rotatable bonds is 3. The summed E-state index contributed by atoms with van der Waals surface area (Å²) in [6.45, 7) is 3.95. The predicted molar refractivity (Wildman–Crippen MR) is 93.8 cm³/mol. The van der Waals surface area contributed by atoms with Crippen LogP contribution in [0.25, 0.3) is 0 Å². The van der Waals surface area contributed by atoms with Crippen molar-refractivity contribution >= 4 is 45.2 Å². The number of thiocarbonyl (C=S) groups is 1. The number of hydrogen-bond donors (Lipinski definition) is 2. The number of aromatic nitrogens is 2. The lowest BCUT2D eigenvalue weighted by Gasteiger charge is -2.06. The van der Waals surface area contributed by atoms with Gasteiger partial charge in [-0.25, -0.2) is 0 Å². The van der Waals surface area contributed by atoms with Gasteiger partial charge in [-0.1, -0.05) is 22.0 Å². The molecule has 0 saturated heterocycles. The van der Waals surface area contributed by atoms with Crippen LogP contribution in [0.15, 0.2) is 33.8 Å². The van der Waals surface area contributed by atoms with Crippen molar-refractivity contribution in [2.75, 3.05) is 5.32 Å². The second-order valence-electron chi connectivity index (χ2n) is 4.54. The van der Waals surface area contributed by atoms with E-state index in [1.54, 1.807) is 6.21 Å². The Balaban J connectivity index is 1.96. The number of benzene rings is 1. The van der Waals surface area contributed by atoms with Gasteiger partial charge in [0.2, 0.25) is 0 Å². The van der Waals surface area contributed by atoms with Crippen molar-refractivity contribution in [2.24, 2.45) is 12.1 Å². The lowest BCUT2D eigenvalue weighted by Crippen LogP contribution is -2.23. The van der Waals surface area contributed by atoms with E-state index in [1.807, 2.05) is 49.8 Å². The van der Waals surface area contributed by atoms with Crippen molar-refractivity contribution in [1.82, 2.24) is 15.2 Å².